The Morgan fingerprint density at radius 3 is 2.45 bits per heavy atom. The van der Waals surface area contributed by atoms with Gasteiger partial charge in [0.1, 0.15) is 18.3 Å². The lowest BCUT2D eigenvalue weighted by Gasteiger charge is -2.31. The summed E-state index contributed by atoms with van der Waals surface area (Å²) in [6, 6.07) is 0.335. The molecule has 1 aliphatic heterocycles. The summed E-state index contributed by atoms with van der Waals surface area (Å²) in [5.74, 6) is -1.32. The third-order valence-corrected chi connectivity index (χ3v) is 5.32. The number of esters is 2. The number of hydrogen-bond acceptors (Lipinski definition) is 11. The Labute approximate surface area is 223 Å². The summed E-state index contributed by atoms with van der Waals surface area (Å²) in [5.41, 5.74) is -0.173. The van der Waals surface area contributed by atoms with Crippen LogP contribution in [0.15, 0.2) is 12.3 Å². The average molecular weight is 541 g/mol. The number of nitrogens with zero attached hydrogens (tertiary/aromatic N) is 1. The van der Waals surface area contributed by atoms with Gasteiger partial charge in [0.25, 0.3) is 5.91 Å². The molecule has 1 amide bonds. The summed E-state index contributed by atoms with van der Waals surface area (Å²) in [5, 5.41) is 2.60. The van der Waals surface area contributed by atoms with Crippen molar-refractivity contribution in [1.29, 1.82) is 0 Å². The molecular formula is C26H40N2O10. The van der Waals surface area contributed by atoms with Crippen LogP contribution < -0.4 is 14.8 Å². The van der Waals surface area contributed by atoms with E-state index >= 15 is 0 Å². The summed E-state index contributed by atoms with van der Waals surface area (Å²) >= 11 is 0. The van der Waals surface area contributed by atoms with Gasteiger partial charge in [-0.2, -0.15) is 0 Å². The highest BCUT2D eigenvalue weighted by atomic mass is 16.7. The Kier molecular flexibility index (Phi) is 12.7. The van der Waals surface area contributed by atoms with E-state index in [1.807, 2.05) is 27.7 Å². The number of methoxy groups -OCH3 is 1. The first-order valence-corrected chi connectivity index (χ1v) is 12.6. The molecule has 38 heavy (non-hydrogen) atoms. The standard InChI is InChI=1S/C26H40N2O10/c1-15(2)10-34-21-13-33-12-19(26(31)38-17(5)23(21)35-11-16(3)4)28-25(30)22-24(37-14-36-18(6)29)20(32-7)8-9-27-22/h8-9,15-17,19,21,23H,10-14H2,1-7H3,(H,28,30)/t17-,19-,21-,23-/m0/s1. The van der Waals surface area contributed by atoms with Crippen molar-refractivity contribution in [1.82, 2.24) is 10.3 Å². The molecule has 12 nitrogen and oxygen atoms in total. The molecular weight excluding hydrogens is 500 g/mol. The van der Waals surface area contributed by atoms with Crippen molar-refractivity contribution in [3.63, 3.8) is 0 Å². The van der Waals surface area contributed by atoms with E-state index in [2.05, 4.69) is 10.3 Å². The number of carbonyl (C=O) groups excluding carboxylic acids is 3. The minimum absolute atomic E-state index is 0.0521. The van der Waals surface area contributed by atoms with Gasteiger partial charge >= 0.3 is 11.9 Å². The molecule has 0 bridgehead atoms. The number of aromatic nitrogens is 1. The fraction of sp³-hybridized carbons (Fsp3) is 0.692. The van der Waals surface area contributed by atoms with Crippen molar-refractivity contribution < 1.29 is 47.5 Å². The Bertz CT molecular complexity index is 923. The normalized spacial score (nSPS) is 22.2. The lowest BCUT2D eigenvalue weighted by molar-refractivity contribution is -0.170. The summed E-state index contributed by atoms with van der Waals surface area (Å²) in [6.45, 7) is 11.5. The van der Waals surface area contributed by atoms with Gasteiger partial charge in [-0.1, -0.05) is 27.7 Å². The Hall–Kier alpha value is -2.96. The van der Waals surface area contributed by atoms with Crippen LogP contribution in [0.5, 0.6) is 11.5 Å². The topological polar surface area (TPSA) is 141 Å². The van der Waals surface area contributed by atoms with E-state index in [1.165, 1.54) is 26.3 Å². The van der Waals surface area contributed by atoms with Crippen molar-refractivity contribution in [2.75, 3.05) is 40.3 Å². The quantitative estimate of drug-likeness (QED) is 0.308. The first-order chi connectivity index (χ1) is 18.0. The van der Waals surface area contributed by atoms with Gasteiger partial charge in [0.2, 0.25) is 6.79 Å². The van der Waals surface area contributed by atoms with Gasteiger partial charge < -0.3 is 38.5 Å². The van der Waals surface area contributed by atoms with Gasteiger partial charge in [-0.25, -0.2) is 9.78 Å². The van der Waals surface area contributed by atoms with Crippen molar-refractivity contribution in [3.8, 4) is 11.5 Å². The number of ether oxygens (including phenoxy) is 7. The predicted octanol–water partition coefficient (Wildman–Crippen LogP) is 2.13. The molecule has 0 unspecified atom stereocenters. The van der Waals surface area contributed by atoms with Crippen molar-refractivity contribution in [2.45, 2.75) is 65.9 Å². The van der Waals surface area contributed by atoms with E-state index in [9.17, 15) is 14.4 Å². The second-order valence-corrected chi connectivity index (χ2v) is 9.75. The van der Waals surface area contributed by atoms with Crippen LogP contribution in [0.25, 0.3) is 0 Å². The highest BCUT2D eigenvalue weighted by Crippen LogP contribution is 2.29. The number of carbonyl (C=O) groups is 3. The largest absolute Gasteiger partial charge is 0.493 e. The third-order valence-electron chi connectivity index (χ3n) is 5.32. The fourth-order valence-corrected chi connectivity index (χ4v) is 3.50. The smallest absolute Gasteiger partial charge is 0.331 e. The van der Waals surface area contributed by atoms with Crippen LogP contribution in [0.4, 0.5) is 0 Å². The molecule has 1 fully saturated rings. The summed E-state index contributed by atoms with van der Waals surface area (Å²) in [7, 11) is 1.39. The number of hydrogen-bond donors (Lipinski definition) is 1. The molecule has 0 spiro atoms. The van der Waals surface area contributed by atoms with Gasteiger partial charge in [-0.15, -0.1) is 0 Å². The van der Waals surface area contributed by atoms with Crippen molar-refractivity contribution in [2.24, 2.45) is 11.8 Å². The van der Waals surface area contributed by atoms with Gasteiger partial charge in [-0.05, 0) is 18.8 Å². The zero-order valence-electron chi connectivity index (χ0n) is 23.2. The molecule has 1 N–H and O–H groups in total. The number of amides is 1. The molecule has 0 radical (unpaired) electrons. The minimum Gasteiger partial charge on any atom is -0.493 e. The van der Waals surface area contributed by atoms with E-state index in [0.29, 0.717) is 13.2 Å². The third kappa shape index (κ3) is 9.73. The Morgan fingerprint density at radius 1 is 1.13 bits per heavy atom. The number of rotatable bonds is 12. The van der Waals surface area contributed by atoms with E-state index in [4.69, 9.17) is 33.2 Å². The summed E-state index contributed by atoms with van der Waals surface area (Å²) in [6.07, 6.45) is -0.359. The number of pyridine rings is 1. The maximum absolute atomic E-state index is 13.2. The second kappa shape index (κ2) is 15.5. The van der Waals surface area contributed by atoms with Crippen LogP contribution in [-0.2, 0) is 33.3 Å². The second-order valence-electron chi connectivity index (χ2n) is 9.75. The Balaban J connectivity index is 2.21. The molecule has 214 valence electrons. The first kappa shape index (κ1) is 31.3. The van der Waals surface area contributed by atoms with E-state index in [1.54, 1.807) is 6.92 Å². The van der Waals surface area contributed by atoms with E-state index in [0.717, 1.165) is 0 Å². The lowest BCUT2D eigenvalue weighted by Crippen LogP contribution is -2.47. The number of nitrogens with one attached hydrogen (secondary N) is 1. The zero-order valence-corrected chi connectivity index (χ0v) is 23.2. The monoisotopic (exact) mass is 540 g/mol. The molecule has 0 aliphatic carbocycles. The van der Waals surface area contributed by atoms with Crippen LogP contribution >= 0.6 is 0 Å². The molecule has 1 saturated heterocycles. The zero-order chi connectivity index (χ0) is 28.2. The van der Waals surface area contributed by atoms with Crippen molar-refractivity contribution >= 4 is 17.8 Å². The number of cyclic esters (lactones) is 1. The van der Waals surface area contributed by atoms with Crippen LogP contribution in [-0.4, -0.2) is 87.5 Å². The molecule has 2 rings (SSSR count). The lowest BCUT2D eigenvalue weighted by atomic mass is 10.1. The molecule has 4 atom stereocenters. The van der Waals surface area contributed by atoms with Crippen LogP contribution in [0.3, 0.4) is 0 Å². The molecule has 1 aliphatic rings. The average Bonchev–Trinajstić information content (AvgIpc) is 2.89. The predicted molar refractivity (Wildman–Crippen MR) is 135 cm³/mol. The molecule has 0 aromatic carbocycles. The van der Waals surface area contributed by atoms with Gasteiger partial charge in [-0.3, -0.25) is 9.59 Å². The Morgan fingerprint density at radius 2 is 1.82 bits per heavy atom. The molecule has 0 saturated carbocycles. The first-order valence-electron chi connectivity index (χ1n) is 12.6. The highest BCUT2D eigenvalue weighted by molar-refractivity contribution is 5.98. The minimum atomic E-state index is -1.14. The summed E-state index contributed by atoms with van der Waals surface area (Å²) < 4.78 is 39.1. The highest BCUT2D eigenvalue weighted by Gasteiger charge is 2.37. The molecule has 1 aromatic heterocycles. The van der Waals surface area contributed by atoms with Crippen molar-refractivity contribution in [3.05, 3.63) is 18.0 Å². The maximum Gasteiger partial charge on any atom is 0.331 e. The molecule has 12 heteroatoms. The summed E-state index contributed by atoms with van der Waals surface area (Å²) in [4.78, 5) is 41.4. The van der Waals surface area contributed by atoms with Gasteiger partial charge in [0, 0.05) is 32.4 Å². The van der Waals surface area contributed by atoms with Crippen LogP contribution in [0.1, 0.15) is 52.0 Å². The van der Waals surface area contributed by atoms with Gasteiger partial charge in [0.15, 0.2) is 23.2 Å². The van der Waals surface area contributed by atoms with Crippen LogP contribution in [0.2, 0.25) is 0 Å². The fourth-order valence-electron chi connectivity index (χ4n) is 3.50. The molecule has 1 aromatic rings. The molecule has 2 heterocycles. The van der Waals surface area contributed by atoms with E-state index in [-0.39, 0.29) is 42.2 Å². The SMILES string of the molecule is COc1ccnc(C(=O)N[C@H]2COC[C@H](OCC(C)C)[C@@H](OCC(C)C)[C@H](C)OC2=O)c1OCOC(C)=O. The van der Waals surface area contributed by atoms with Crippen LogP contribution in [0, 0.1) is 11.8 Å². The van der Waals surface area contributed by atoms with Gasteiger partial charge in [0.05, 0.1) is 20.3 Å². The maximum atomic E-state index is 13.2. The van der Waals surface area contributed by atoms with E-state index < -0.39 is 49.0 Å².